The molecule has 0 spiro atoms. The van der Waals surface area contributed by atoms with Crippen molar-refractivity contribution in [3.05, 3.63) is 108 Å². The van der Waals surface area contributed by atoms with Crippen LogP contribution in [0.4, 0.5) is 17.1 Å². The minimum absolute atomic E-state index is 0.368. The van der Waals surface area contributed by atoms with Crippen LogP contribution in [-0.4, -0.2) is 4.98 Å². The molecule has 1 aromatic heterocycles. The van der Waals surface area contributed by atoms with Gasteiger partial charge in [-0.25, -0.2) is 4.98 Å². The molecule has 0 radical (unpaired) electrons. The van der Waals surface area contributed by atoms with Crippen LogP contribution in [0.15, 0.2) is 101 Å². The molecule has 0 amide bonds. The molecule has 0 bridgehead atoms. The standard InChI is InChI=1S/C27H20N2O/c1-18-21-8-2-5-11-24(21)29(25-12-6-3-9-22(18)25)20-16-14-19(15-17-20)27-28-23-10-4-7-13-26(23)30-27/h2-18H,1H3. The highest BCUT2D eigenvalue weighted by Gasteiger charge is 2.28. The fraction of sp³-hybridized carbons (Fsp3) is 0.0741. The average Bonchev–Trinajstić information content (AvgIpc) is 3.24. The Morgan fingerprint density at radius 2 is 1.30 bits per heavy atom. The number of fused-ring (bicyclic) bond motifs is 3. The molecule has 144 valence electrons. The van der Waals surface area contributed by atoms with E-state index in [0.29, 0.717) is 11.8 Å². The first kappa shape index (κ1) is 17.0. The largest absolute Gasteiger partial charge is 0.436 e. The quantitative estimate of drug-likeness (QED) is 0.315. The Hall–Kier alpha value is -3.85. The van der Waals surface area contributed by atoms with Crippen molar-refractivity contribution >= 4 is 28.2 Å². The number of benzene rings is 4. The van der Waals surface area contributed by atoms with Gasteiger partial charge in [0.1, 0.15) is 5.52 Å². The van der Waals surface area contributed by atoms with E-state index >= 15 is 0 Å². The van der Waals surface area contributed by atoms with Gasteiger partial charge in [-0.2, -0.15) is 0 Å². The first-order chi connectivity index (χ1) is 14.8. The van der Waals surface area contributed by atoms with E-state index in [9.17, 15) is 0 Å². The highest BCUT2D eigenvalue weighted by molar-refractivity contribution is 5.85. The maximum absolute atomic E-state index is 5.94. The van der Waals surface area contributed by atoms with E-state index in [-0.39, 0.29) is 0 Å². The zero-order valence-electron chi connectivity index (χ0n) is 16.6. The number of rotatable bonds is 2. The molecule has 5 aromatic rings. The van der Waals surface area contributed by atoms with E-state index in [0.717, 1.165) is 22.4 Å². The van der Waals surface area contributed by atoms with Crippen LogP contribution in [0.3, 0.4) is 0 Å². The molecular weight excluding hydrogens is 368 g/mol. The van der Waals surface area contributed by atoms with Crippen molar-refractivity contribution < 1.29 is 4.42 Å². The molecule has 0 saturated carbocycles. The van der Waals surface area contributed by atoms with Crippen LogP contribution in [0.25, 0.3) is 22.6 Å². The molecule has 2 heterocycles. The number of hydrogen-bond acceptors (Lipinski definition) is 3. The van der Waals surface area contributed by atoms with Crippen LogP contribution in [0.2, 0.25) is 0 Å². The summed E-state index contributed by atoms with van der Waals surface area (Å²) in [6.07, 6.45) is 0. The summed E-state index contributed by atoms with van der Waals surface area (Å²) in [5, 5.41) is 0. The summed E-state index contributed by atoms with van der Waals surface area (Å²) < 4.78 is 5.94. The van der Waals surface area contributed by atoms with Crippen LogP contribution in [0.1, 0.15) is 24.0 Å². The predicted octanol–water partition coefficient (Wildman–Crippen LogP) is 7.43. The van der Waals surface area contributed by atoms with Gasteiger partial charge in [-0.1, -0.05) is 55.5 Å². The average molecular weight is 388 g/mol. The van der Waals surface area contributed by atoms with Gasteiger partial charge in [-0.15, -0.1) is 0 Å². The van der Waals surface area contributed by atoms with E-state index in [1.54, 1.807) is 0 Å². The molecule has 0 saturated heterocycles. The van der Waals surface area contributed by atoms with Crippen LogP contribution < -0.4 is 4.90 Å². The second-order valence-corrected chi connectivity index (χ2v) is 7.71. The lowest BCUT2D eigenvalue weighted by atomic mass is 9.86. The van der Waals surface area contributed by atoms with Crippen LogP contribution >= 0.6 is 0 Å². The number of para-hydroxylation sites is 4. The third-order valence-corrected chi connectivity index (χ3v) is 5.95. The Bertz CT molecular complexity index is 1290. The third-order valence-electron chi connectivity index (χ3n) is 5.95. The van der Waals surface area contributed by atoms with Gasteiger partial charge in [0.25, 0.3) is 0 Å². The Balaban J connectivity index is 1.46. The zero-order chi connectivity index (χ0) is 20.1. The van der Waals surface area contributed by atoms with Gasteiger partial charge in [-0.05, 0) is 59.7 Å². The van der Waals surface area contributed by atoms with Crippen LogP contribution in [-0.2, 0) is 0 Å². The molecule has 0 aliphatic carbocycles. The van der Waals surface area contributed by atoms with Gasteiger partial charge < -0.3 is 9.32 Å². The molecule has 1 aliphatic rings. The molecule has 3 nitrogen and oxygen atoms in total. The maximum Gasteiger partial charge on any atom is 0.227 e. The van der Waals surface area contributed by atoms with E-state index in [1.165, 1.54) is 22.5 Å². The van der Waals surface area contributed by atoms with Gasteiger partial charge in [0, 0.05) is 28.5 Å². The lowest BCUT2D eigenvalue weighted by molar-refractivity contribution is 0.620. The fourth-order valence-electron chi connectivity index (χ4n) is 4.44. The molecule has 6 rings (SSSR count). The molecular formula is C27H20N2O. The van der Waals surface area contributed by atoms with Gasteiger partial charge in [-0.3, -0.25) is 0 Å². The monoisotopic (exact) mass is 388 g/mol. The summed E-state index contributed by atoms with van der Waals surface area (Å²) in [6.45, 7) is 2.28. The van der Waals surface area contributed by atoms with E-state index in [4.69, 9.17) is 4.42 Å². The van der Waals surface area contributed by atoms with Crippen molar-refractivity contribution in [2.75, 3.05) is 4.90 Å². The van der Waals surface area contributed by atoms with E-state index in [1.807, 2.05) is 24.3 Å². The van der Waals surface area contributed by atoms with E-state index < -0.39 is 0 Å². The SMILES string of the molecule is CC1c2ccccc2N(c2ccc(-c3nc4ccccc4o3)cc2)c2ccccc21. The van der Waals surface area contributed by atoms with Crippen LogP contribution in [0.5, 0.6) is 0 Å². The number of hydrogen-bond donors (Lipinski definition) is 0. The minimum atomic E-state index is 0.368. The topological polar surface area (TPSA) is 29.3 Å². The molecule has 0 unspecified atom stereocenters. The lowest BCUT2D eigenvalue weighted by Gasteiger charge is -2.36. The zero-order valence-corrected chi connectivity index (χ0v) is 16.6. The Morgan fingerprint density at radius 1 is 0.700 bits per heavy atom. The summed E-state index contributed by atoms with van der Waals surface area (Å²) in [4.78, 5) is 6.97. The highest BCUT2D eigenvalue weighted by atomic mass is 16.3. The number of nitrogens with zero attached hydrogens (tertiary/aromatic N) is 2. The molecule has 0 atom stereocenters. The third kappa shape index (κ3) is 2.56. The molecule has 3 heteroatoms. The molecule has 30 heavy (non-hydrogen) atoms. The first-order valence-electron chi connectivity index (χ1n) is 10.2. The summed E-state index contributed by atoms with van der Waals surface area (Å²) >= 11 is 0. The first-order valence-corrected chi connectivity index (χ1v) is 10.2. The van der Waals surface area contributed by atoms with Crippen molar-refractivity contribution in [2.24, 2.45) is 0 Å². The Labute approximate surface area is 175 Å². The van der Waals surface area contributed by atoms with Crippen molar-refractivity contribution in [2.45, 2.75) is 12.8 Å². The molecule has 0 fully saturated rings. The van der Waals surface area contributed by atoms with Crippen molar-refractivity contribution in [3.8, 4) is 11.5 Å². The summed E-state index contributed by atoms with van der Waals surface area (Å²) in [5.74, 6) is 1.02. The second-order valence-electron chi connectivity index (χ2n) is 7.71. The minimum Gasteiger partial charge on any atom is -0.436 e. The number of aromatic nitrogens is 1. The van der Waals surface area contributed by atoms with E-state index in [2.05, 4.69) is 89.6 Å². The normalized spacial score (nSPS) is 13.3. The molecule has 4 aromatic carbocycles. The van der Waals surface area contributed by atoms with Crippen molar-refractivity contribution in [3.63, 3.8) is 0 Å². The van der Waals surface area contributed by atoms with Gasteiger partial charge in [0.05, 0.1) is 0 Å². The highest BCUT2D eigenvalue weighted by Crippen LogP contribution is 2.48. The second kappa shape index (κ2) is 6.60. The van der Waals surface area contributed by atoms with Crippen LogP contribution in [0, 0.1) is 0 Å². The smallest absolute Gasteiger partial charge is 0.227 e. The summed E-state index contributed by atoms with van der Waals surface area (Å²) in [5.41, 5.74) is 8.95. The fourth-order valence-corrected chi connectivity index (χ4v) is 4.44. The van der Waals surface area contributed by atoms with Gasteiger partial charge in [0.2, 0.25) is 5.89 Å². The summed E-state index contributed by atoms with van der Waals surface area (Å²) in [6, 6.07) is 33.7. The van der Waals surface area contributed by atoms with Gasteiger partial charge >= 0.3 is 0 Å². The maximum atomic E-state index is 5.94. The Kier molecular flexibility index (Phi) is 3.75. The number of oxazole rings is 1. The van der Waals surface area contributed by atoms with Crippen molar-refractivity contribution in [1.82, 2.24) is 4.98 Å². The number of anilines is 3. The Morgan fingerprint density at radius 3 is 1.97 bits per heavy atom. The lowest BCUT2D eigenvalue weighted by Crippen LogP contribution is -2.20. The van der Waals surface area contributed by atoms with Crippen molar-refractivity contribution in [1.29, 1.82) is 0 Å². The predicted molar refractivity (Wildman–Crippen MR) is 122 cm³/mol. The molecule has 1 aliphatic heterocycles. The molecule has 0 N–H and O–H groups in total. The summed E-state index contributed by atoms with van der Waals surface area (Å²) in [7, 11) is 0. The van der Waals surface area contributed by atoms with Gasteiger partial charge in [0.15, 0.2) is 5.58 Å².